The standard InChI is InChI=1S/C9H9ClNO3/c1-6(5-12)7-3-2-4-8(9(7)10)11(13)14/h2-4,6,12H,1,5H2. The van der Waals surface area contributed by atoms with Crippen molar-refractivity contribution < 1.29 is 10.0 Å². The van der Waals surface area contributed by atoms with Crippen molar-refractivity contribution in [2.24, 2.45) is 0 Å². The molecule has 1 N–H and O–H groups in total. The molecular formula is C9H9ClNO3. The Bertz CT molecular complexity index is 354. The second-order valence-corrected chi connectivity index (χ2v) is 3.19. The van der Waals surface area contributed by atoms with Gasteiger partial charge in [0.25, 0.3) is 5.69 Å². The number of halogens is 1. The fourth-order valence-electron chi connectivity index (χ4n) is 1.09. The molecule has 0 amide bonds. The minimum Gasteiger partial charge on any atom is -0.396 e. The number of rotatable bonds is 3. The van der Waals surface area contributed by atoms with Gasteiger partial charge in [-0.05, 0) is 12.5 Å². The summed E-state index contributed by atoms with van der Waals surface area (Å²) >= 11 is 5.78. The fraction of sp³-hybridized carbons (Fsp3) is 0.222. The number of aliphatic hydroxyl groups is 1. The van der Waals surface area contributed by atoms with Gasteiger partial charge in [0.05, 0.1) is 4.92 Å². The van der Waals surface area contributed by atoms with E-state index >= 15 is 0 Å². The topological polar surface area (TPSA) is 63.4 Å². The molecule has 0 saturated heterocycles. The lowest BCUT2D eigenvalue weighted by atomic mass is 10.0. The van der Waals surface area contributed by atoms with E-state index in [9.17, 15) is 10.1 Å². The molecule has 1 radical (unpaired) electrons. The molecular weight excluding hydrogens is 206 g/mol. The largest absolute Gasteiger partial charge is 0.396 e. The highest BCUT2D eigenvalue weighted by molar-refractivity contribution is 6.33. The third-order valence-electron chi connectivity index (χ3n) is 1.87. The van der Waals surface area contributed by atoms with Crippen LogP contribution in [0, 0.1) is 17.0 Å². The Balaban J connectivity index is 3.20. The zero-order valence-corrected chi connectivity index (χ0v) is 8.07. The van der Waals surface area contributed by atoms with Crippen LogP contribution in [0.25, 0.3) is 0 Å². The first-order valence-corrected chi connectivity index (χ1v) is 4.32. The van der Waals surface area contributed by atoms with Gasteiger partial charge in [-0.2, -0.15) is 0 Å². The molecule has 1 atom stereocenters. The monoisotopic (exact) mass is 214 g/mol. The van der Waals surface area contributed by atoms with Gasteiger partial charge in [-0.1, -0.05) is 23.7 Å². The minimum absolute atomic E-state index is 0.0477. The predicted molar refractivity (Wildman–Crippen MR) is 53.3 cm³/mol. The summed E-state index contributed by atoms with van der Waals surface area (Å²) in [5.74, 6) is -0.442. The number of benzene rings is 1. The van der Waals surface area contributed by atoms with E-state index in [4.69, 9.17) is 16.7 Å². The highest BCUT2D eigenvalue weighted by Crippen LogP contribution is 2.31. The molecule has 0 fully saturated rings. The van der Waals surface area contributed by atoms with Crippen LogP contribution in [-0.4, -0.2) is 16.6 Å². The van der Waals surface area contributed by atoms with Gasteiger partial charge in [-0.25, -0.2) is 0 Å². The number of nitro benzene ring substituents is 1. The van der Waals surface area contributed by atoms with Crippen molar-refractivity contribution in [3.63, 3.8) is 0 Å². The second-order valence-electron chi connectivity index (χ2n) is 2.82. The van der Waals surface area contributed by atoms with E-state index in [0.29, 0.717) is 5.56 Å². The van der Waals surface area contributed by atoms with Gasteiger partial charge in [0.2, 0.25) is 0 Å². The maximum absolute atomic E-state index is 10.5. The van der Waals surface area contributed by atoms with E-state index in [0.717, 1.165) is 0 Å². The third-order valence-corrected chi connectivity index (χ3v) is 2.28. The van der Waals surface area contributed by atoms with Gasteiger partial charge in [-0.3, -0.25) is 10.1 Å². The molecule has 5 heteroatoms. The van der Waals surface area contributed by atoms with E-state index < -0.39 is 10.8 Å². The van der Waals surface area contributed by atoms with Crippen LogP contribution in [0.3, 0.4) is 0 Å². The Kier molecular flexibility index (Phi) is 3.43. The molecule has 0 aliphatic heterocycles. The van der Waals surface area contributed by atoms with Crippen LogP contribution in [0.1, 0.15) is 11.5 Å². The van der Waals surface area contributed by atoms with Crippen LogP contribution in [0.4, 0.5) is 5.69 Å². The van der Waals surface area contributed by atoms with Crippen LogP contribution in [-0.2, 0) is 0 Å². The summed E-state index contributed by atoms with van der Waals surface area (Å²) in [4.78, 5) is 9.96. The summed E-state index contributed by atoms with van der Waals surface area (Å²) < 4.78 is 0. The van der Waals surface area contributed by atoms with Gasteiger partial charge in [0, 0.05) is 18.6 Å². The molecule has 0 heterocycles. The zero-order valence-electron chi connectivity index (χ0n) is 7.31. The number of hydrogen-bond acceptors (Lipinski definition) is 3. The lowest BCUT2D eigenvalue weighted by molar-refractivity contribution is -0.384. The summed E-state index contributed by atoms with van der Waals surface area (Å²) in [6.45, 7) is 3.44. The van der Waals surface area contributed by atoms with Crippen LogP contribution >= 0.6 is 11.6 Å². The highest BCUT2D eigenvalue weighted by atomic mass is 35.5. The summed E-state index contributed by atoms with van der Waals surface area (Å²) in [6, 6.07) is 4.45. The molecule has 4 nitrogen and oxygen atoms in total. The minimum atomic E-state index is -0.560. The summed E-state index contributed by atoms with van der Waals surface area (Å²) in [6.07, 6.45) is 0. The van der Waals surface area contributed by atoms with Crippen LogP contribution in [0.2, 0.25) is 5.02 Å². The van der Waals surface area contributed by atoms with Crippen LogP contribution < -0.4 is 0 Å². The normalized spacial score (nSPS) is 12.5. The average molecular weight is 215 g/mol. The quantitative estimate of drug-likeness (QED) is 0.620. The number of nitro groups is 1. The van der Waals surface area contributed by atoms with Crippen molar-refractivity contribution in [3.8, 4) is 0 Å². The van der Waals surface area contributed by atoms with Gasteiger partial charge in [0.15, 0.2) is 0 Å². The number of hydrogen-bond donors (Lipinski definition) is 1. The summed E-state index contributed by atoms with van der Waals surface area (Å²) in [7, 11) is 0. The SMILES string of the molecule is [CH2]C(CO)c1cccc([N+](=O)[O-])c1Cl. The predicted octanol–water partition coefficient (Wildman–Crippen LogP) is 2.16. The molecule has 0 bridgehead atoms. The lowest BCUT2D eigenvalue weighted by Gasteiger charge is -2.09. The first-order chi connectivity index (χ1) is 6.57. The van der Waals surface area contributed by atoms with Crippen molar-refractivity contribution in [2.75, 3.05) is 6.61 Å². The summed E-state index contributed by atoms with van der Waals surface area (Å²) in [5.41, 5.74) is 0.328. The molecule has 0 aromatic heterocycles. The van der Waals surface area contributed by atoms with Gasteiger partial charge < -0.3 is 5.11 Å². The van der Waals surface area contributed by atoms with E-state index in [1.807, 2.05) is 0 Å². The molecule has 1 unspecified atom stereocenters. The molecule has 75 valence electrons. The molecule has 1 aromatic rings. The Morgan fingerprint density at radius 3 is 2.79 bits per heavy atom. The van der Waals surface area contributed by atoms with E-state index in [1.165, 1.54) is 12.1 Å². The van der Waals surface area contributed by atoms with Gasteiger partial charge in [-0.15, -0.1) is 0 Å². The fourth-order valence-corrected chi connectivity index (χ4v) is 1.44. The van der Waals surface area contributed by atoms with Crippen molar-refractivity contribution >= 4 is 17.3 Å². The van der Waals surface area contributed by atoms with Crippen LogP contribution in [0.5, 0.6) is 0 Å². The van der Waals surface area contributed by atoms with Crippen LogP contribution in [0.15, 0.2) is 18.2 Å². The maximum Gasteiger partial charge on any atom is 0.288 e. The zero-order chi connectivity index (χ0) is 10.7. The smallest absolute Gasteiger partial charge is 0.288 e. The van der Waals surface area contributed by atoms with E-state index in [1.54, 1.807) is 6.07 Å². The Morgan fingerprint density at radius 2 is 2.29 bits per heavy atom. The van der Waals surface area contributed by atoms with Gasteiger partial charge >= 0.3 is 0 Å². The van der Waals surface area contributed by atoms with E-state index in [2.05, 4.69) is 6.92 Å². The molecule has 0 aliphatic carbocycles. The third kappa shape index (κ3) is 2.02. The van der Waals surface area contributed by atoms with Gasteiger partial charge in [0.1, 0.15) is 5.02 Å². The maximum atomic E-state index is 10.5. The molecule has 0 spiro atoms. The molecule has 14 heavy (non-hydrogen) atoms. The lowest BCUT2D eigenvalue weighted by Crippen LogP contribution is -2.01. The second kappa shape index (κ2) is 4.39. The van der Waals surface area contributed by atoms with Crippen molar-refractivity contribution in [1.29, 1.82) is 0 Å². The highest BCUT2D eigenvalue weighted by Gasteiger charge is 2.18. The Hall–Kier alpha value is -1.13. The molecule has 1 aromatic carbocycles. The molecule has 0 aliphatic rings. The molecule has 1 rings (SSSR count). The first-order valence-electron chi connectivity index (χ1n) is 3.94. The number of nitrogens with zero attached hydrogens (tertiary/aromatic N) is 1. The Morgan fingerprint density at radius 1 is 1.64 bits per heavy atom. The van der Waals surface area contributed by atoms with Crippen molar-refractivity contribution in [3.05, 3.63) is 45.8 Å². The first kappa shape index (κ1) is 10.9. The van der Waals surface area contributed by atoms with Crippen molar-refractivity contribution in [1.82, 2.24) is 0 Å². The van der Waals surface area contributed by atoms with E-state index in [-0.39, 0.29) is 17.3 Å². The Labute approximate surface area is 86.3 Å². The summed E-state index contributed by atoms with van der Waals surface area (Å²) in [5, 5.41) is 19.4. The number of aliphatic hydroxyl groups excluding tert-OH is 1. The van der Waals surface area contributed by atoms with Crippen molar-refractivity contribution in [2.45, 2.75) is 5.92 Å². The molecule has 0 saturated carbocycles. The average Bonchev–Trinajstić information content (AvgIpc) is 2.16.